The molecule has 62 heavy (non-hydrogen) atoms. The van der Waals surface area contributed by atoms with Gasteiger partial charge in [-0.15, -0.1) is 24.8 Å². The zero-order valence-corrected chi connectivity index (χ0v) is 42.3. The van der Waals surface area contributed by atoms with Crippen molar-refractivity contribution in [3.05, 3.63) is 172 Å². The molecule has 0 aliphatic carbocycles. The van der Waals surface area contributed by atoms with E-state index in [0.29, 0.717) is 20.1 Å². The van der Waals surface area contributed by atoms with Crippen LogP contribution in [0.1, 0.15) is 71.1 Å². The van der Waals surface area contributed by atoms with Crippen molar-refractivity contribution in [3.8, 4) is 22.5 Å². The number of benzene rings is 4. The molecule has 16 heteroatoms. The molecule has 0 spiro atoms. The second-order valence-corrected chi connectivity index (χ2v) is 17.2. The monoisotopic (exact) mass is 1090 g/mol. The third-order valence-corrected chi connectivity index (χ3v) is 12.4. The van der Waals surface area contributed by atoms with Crippen molar-refractivity contribution in [2.75, 3.05) is 26.4 Å². The Hall–Kier alpha value is -2.36. The van der Waals surface area contributed by atoms with E-state index >= 15 is 0 Å². The number of aliphatic hydroxyl groups excluding tert-OH is 4. The van der Waals surface area contributed by atoms with Crippen LogP contribution in [0, 0.1) is 13.8 Å². The Morgan fingerprint density at radius 3 is 1.18 bits per heavy atom. The average molecular weight is 1100 g/mol. The highest BCUT2D eigenvalue weighted by Gasteiger charge is 2.13. The summed E-state index contributed by atoms with van der Waals surface area (Å²) in [5, 5.41) is 38.7. The highest BCUT2D eigenvalue weighted by Crippen LogP contribution is 2.33. The maximum Gasteiger partial charge on any atom is 0.0746 e. The minimum atomic E-state index is -0.398. The maximum atomic E-state index is 9.22. The summed E-state index contributed by atoms with van der Waals surface area (Å²) >= 11 is 30.7. The molecule has 0 aliphatic heterocycles. The number of halogens is 8. The van der Waals surface area contributed by atoms with Gasteiger partial charge in [-0.25, -0.2) is 0 Å². The predicted molar refractivity (Wildman–Crippen MR) is 271 cm³/mol. The number of hydrogen-bond acceptors (Lipinski definition) is 8. The first-order valence-electron chi connectivity index (χ1n) is 18.8. The van der Waals surface area contributed by atoms with Crippen molar-refractivity contribution in [3.63, 3.8) is 0 Å². The number of aliphatic hydroxyl groups is 4. The zero-order valence-electron chi connectivity index (χ0n) is 34.5. The molecule has 6 aromatic rings. The summed E-state index contributed by atoms with van der Waals surface area (Å²) in [5.74, 6) is 0.267. The van der Waals surface area contributed by atoms with Crippen molar-refractivity contribution in [2.24, 2.45) is 11.5 Å². The molecule has 2 aromatic heterocycles. The first-order chi connectivity index (χ1) is 28.6. The maximum absolute atomic E-state index is 9.22. The molecule has 0 bridgehead atoms. The second kappa shape index (κ2) is 29.2. The fourth-order valence-corrected chi connectivity index (χ4v) is 6.95. The Bertz CT molecular complexity index is 2140. The Morgan fingerprint density at radius 1 is 0.500 bits per heavy atom. The number of aromatic nitrogens is 2. The van der Waals surface area contributed by atoms with E-state index in [2.05, 4.69) is 41.8 Å². The Labute approximate surface area is 414 Å². The zero-order chi connectivity index (χ0) is 44.5. The molecule has 336 valence electrons. The minimum absolute atomic E-state index is 0. The van der Waals surface area contributed by atoms with Crippen molar-refractivity contribution in [1.82, 2.24) is 9.97 Å². The van der Waals surface area contributed by atoms with Gasteiger partial charge in [0.2, 0.25) is 0 Å². The third kappa shape index (κ3) is 17.2. The summed E-state index contributed by atoms with van der Waals surface area (Å²) in [5.41, 5.74) is 20.9. The smallest absolute Gasteiger partial charge is 0.0746 e. The van der Waals surface area contributed by atoms with Crippen molar-refractivity contribution < 1.29 is 20.4 Å². The van der Waals surface area contributed by atoms with Gasteiger partial charge >= 0.3 is 0 Å². The van der Waals surface area contributed by atoms with Gasteiger partial charge in [0.15, 0.2) is 0 Å². The molecule has 2 heterocycles. The third-order valence-electron chi connectivity index (χ3n) is 9.33. The van der Waals surface area contributed by atoms with Crippen LogP contribution < -0.4 is 11.5 Å². The molecule has 4 atom stereocenters. The molecule has 0 amide bonds. The number of nitrogens with zero attached hydrogens (tertiary/aromatic N) is 2. The lowest BCUT2D eigenvalue weighted by molar-refractivity contribution is 0.268. The lowest BCUT2D eigenvalue weighted by Gasteiger charge is -2.12. The van der Waals surface area contributed by atoms with E-state index < -0.39 is 6.04 Å². The first kappa shape index (κ1) is 57.7. The fraction of sp³-hybridized carbons (Fsp3) is 0.261. The van der Waals surface area contributed by atoms with E-state index in [0.717, 1.165) is 64.8 Å². The average Bonchev–Trinajstić information content (AvgIpc) is 3.26. The summed E-state index contributed by atoms with van der Waals surface area (Å²) < 4.78 is 1.67. The lowest BCUT2D eigenvalue weighted by atomic mass is 9.97. The van der Waals surface area contributed by atoms with Crippen LogP contribution in [0.15, 0.2) is 118 Å². The summed E-state index contributed by atoms with van der Waals surface area (Å²) in [6.45, 7) is 8.08. The molecule has 0 aliphatic rings. The van der Waals surface area contributed by atoms with E-state index in [9.17, 15) is 5.11 Å². The summed E-state index contributed by atoms with van der Waals surface area (Å²) in [7, 11) is 0. The normalized spacial score (nSPS) is 12.3. The molecule has 0 saturated heterocycles. The van der Waals surface area contributed by atoms with Crippen LogP contribution in [0.4, 0.5) is 0 Å². The van der Waals surface area contributed by atoms with Gasteiger partial charge in [-0.1, -0.05) is 96.6 Å². The summed E-state index contributed by atoms with van der Waals surface area (Å²) in [4.78, 5) is 8.74. The molecular formula is C46H52Br2Cl6N4O4. The highest BCUT2D eigenvalue weighted by atomic mass is 79.9. The number of nitrogens with two attached hydrogens (primary N) is 2. The molecule has 0 fully saturated rings. The van der Waals surface area contributed by atoms with Crippen LogP contribution in [0.2, 0.25) is 20.1 Å². The molecule has 4 aromatic carbocycles. The molecule has 6 rings (SSSR count). The molecule has 0 saturated carbocycles. The van der Waals surface area contributed by atoms with E-state index in [1.807, 2.05) is 107 Å². The second-order valence-electron chi connectivity index (χ2n) is 13.9. The topological polar surface area (TPSA) is 159 Å². The van der Waals surface area contributed by atoms with Gasteiger partial charge in [-0.05, 0) is 140 Å². The summed E-state index contributed by atoms with van der Waals surface area (Å²) in [6, 6.07) is 29.4. The number of hydrogen-bond donors (Lipinski definition) is 6. The molecule has 0 radical (unpaired) electrons. The summed E-state index contributed by atoms with van der Waals surface area (Å²) in [6.07, 6.45) is 3.50. The van der Waals surface area contributed by atoms with E-state index in [-0.39, 0.29) is 69.1 Å². The Morgan fingerprint density at radius 2 is 0.823 bits per heavy atom. The van der Waals surface area contributed by atoms with Crippen LogP contribution in [0.5, 0.6) is 0 Å². The lowest BCUT2D eigenvalue weighted by Crippen LogP contribution is -2.14. The number of aryl methyl sites for hydroxylation is 2. The quantitative estimate of drug-likeness (QED) is 0.0791. The number of pyridine rings is 2. The van der Waals surface area contributed by atoms with Gasteiger partial charge in [0.25, 0.3) is 0 Å². The standard InChI is InChI=1S/C15H16ClNO.C14H15ClN2O.C9H10BrClO.C8H9BrClNO.2ClH/c1-10-4-3-7-17-15(10)13-8-12(11(2)9-18)5-6-14(13)16;1-9-3-2-6-17-14(9)11-7-10(13(16)8-18)4-5-12(11)15;1-6(5-12)7-2-3-9(11)8(10)4-7;9-6-3-5(8(11)4-12)1-2-7(6)10;;/h3-8,11,18H,9H2,1-2H3;2-7,13,18H,8,16H2,1H3;2-4,6,12H,5H2,1H3;1-3,8,12H,4,11H2;2*1H/t11-;13-;6-;8-;;/m1111../s1. The van der Waals surface area contributed by atoms with E-state index in [1.165, 1.54) is 0 Å². The SMILES string of the molecule is C[C@H](CO)c1ccc(Cl)c(Br)c1.Cc1cccnc1-c1cc([C@H](C)CO)ccc1Cl.Cc1cccnc1-c1cc([C@H](N)CO)ccc1Cl.Cl.Cl.N[C@H](CO)c1ccc(Cl)c(Br)c1. The van der Waals surface area contributed by atoms with Crippen LogP contribution in [0.25, 0.3) is 22.5 Å². The predicted octanol–water partition coefficient (Wildman–Crippen LogP) is 12.6. The highest BCUT2D eigenvalue weighted by molar-refractivity contribution is 9.10. The molecule has 0 unspecified atom stereocenters. The van der Waals surface area contributed by atoms with Crippen molar-refractivity contribution in [1.29, 1.82) is 0 Å². The van der Waals surface area contributed by atoms with Crippen LogP contribution in [-0.4, -0.2) is 56.8 Å². The van der Waals surface area contributed by atoms with Crippen LogP contribution in [0.3, 0.4) is 0 Å². The molecule has 8 N–H and O–H groups in total. The fourth-order valence-electron chi connectivity index (χ4n) is 5.50. The molecular weight excluding hydrogens is 1050 g/mol. The van der Waals surface area contributed by atoms with Gasteiger partial charge in [-0.2, -0.15) is 0 Å². The Kier molecular flexibility index (Phi) is 27.2. The largest absolute Gasteiger partial charge is 0.396 e. The minimum Gasteiger partial charge on any atom is -0.396 e. The Balaban J connectivity index is 0.000000417. The van der Waals surface area contributed by atoms with E-state index in [4.69, 9.17) is 73.2 Å². The molecule has 8 nitrogen and oxygen atoms in total. The van der Waals surface area contributed by atoms with Crippen molar-refractivity contribution >= 4 is 103 Å². The van der Waals surface area contributed by atoms with Gasteiger partial charge < -0.3 is 31.9 Å². The van der Waals surface area contributed by atoms with Gasteiger partial charge in [0.05, 0.1) is 46.7 Å². The van der Waals surface area contributed by atoms with Gasteiger partial charge in [-0.3, -0.25) is 9.97 Å². The van der Waals surface area contributed by atoms with Crippen LogP contribution in [-0.2, 0) is 0 Å². The van der Waals surface area contributed by atoms with Crippen molar-refractivity contribution in [2.45, 2.75) is 51.6 Å². The van der Waals surface area contributed by atoms with E-state index in [1.54, 1.807) is 30.6 Å². The first-order valence-corrected chi connectivity index (χ1v) is 21.9. The van der Waals surface area contributed by atoms with Gasteiger partial charge in [0.1, 0.15) is 0 Å². The number of rotatable bonds is 10. The van der Waals surface area contributed by atoms with Gasteiger partial charge in [0, 0.05) is 67.6 Å². The van der Waals surface area contributed by atoms with Crippen LogP contribution >= 0.6 is 103 Å².